The summed E-state index contributed by atoms with van der Waals surface area (Å²) in [5.74, 6) is -3.40. The fraction of sp³-hybridized carbons (Fsp3) is 0.500. The number of aryl methyl sites for hydroxylation is 1. The highest BCUT2D eigenvalue weighted by atomic mass is 28.4. The SMILES string of the molecule is CCC(=O)O[Si](CCCc1cc(F)cc(F)c1)(OC(=O)CC)OC(=O)CC. The Morgan fingerprint density at radius 3 is 1.59 bits per heavy atom. The maximum absolute atomic E-state index is 13.3. The van der Waals surface area contributed by atoms with Gasteiger partial charge in [-0.3, -0.25) is 14.4 Å². The van der Waals surface area contributed by atoms with Gasteiger partial charge in [0.05, 0.1) is 6.04 Å². The van der Waals surface area contributed by atoms with Crippen molar-refractivity contribution in [1.29, 1.82) is 0 Å². The Bertz CT molecular complexity index is 614. The van der Waals surface area contributed by atoms with E-state index >= 15 is 0 Å². The van der Waals surface area contributed by atoms with E-state index in [-0.39, 0.29) is 38.1 Å². The Balaban J connectivity index is 2.99. The van der Waals surface area contributed by atoms with Gasteiger partial charge in [-0.15, -0.1) is 0 Å². The smallest absolute Gasteiger partial charge is 0.455 e. The van der Waals surface area contributed by atoms with Crippen LogP contribution >= 0.6 is 0 Å². The third kappa shape index (κ3) is 7.86. The van der Waals surface area contributed by atoms with Crippen LogP contribution in [0.4, 0.5) is 8.78 Å². The average Bonchev–Trinajstić information content (AvgIpc) is 2.60. The highest BCUT2D eigenvalue weighted by molar-refractivity contribution is 6.65. The fourth-order valence-corrected chi connectivity index (χ4v) is 4.73. The molecule has 1 aromatic rings. The van der Waals surface area contributed by atoms with E-state index < -0.39 is 38.3 Å². The molecule has 0 spiro atoms. The van der Waals surface area contributed by atoms with Gasteiger partial charge in [0.2, 0.25) is 0 Å². The lowest BCUT2D eigenvalue weighted by Gasteiger charge is -2.27. The molecule has 6 nitrogen and oxygen atoms in total. The van der Waals surface area contributed by atoms with Crippen molar-refractivity contribution in [2.45, 2.75) is 58.9 Å². The fourth-order valence-electron chi connectivity index (χ4n) is 2.22. The molecule has 0 aliphatic rings. The van der Waals surface area contributed by atoms with Crippen LogP contribution < -0.4 is 0 Å². The number of halogens is 2. The van der Waals surface area contributed by atoms with Crippen LogP contribution in [0, 0.1) is 11.6 Å². The predicted octanol–water partition coefficient (Wildman–Crippen LogP) is 3.70. The van der Waals surface area contributed by atoms with Crippen LogP contribution in [-0.4, -0.2) is 26.7 Å². The summed E-state index contributed by atoms with van der Waals surface area (Å²) in [4.78, 5) is 35.5. The first-order valence-corrected chi connectivity index (χ1v) is 10.8. The van der Waals surface area contributed by atoms with Crippen LogP contribution in [0.5, 0.6) is 0 Å². The molecule has 0 amide bonds. The second-order valence-electron chi connectivity index (χ2n) is 5.80. The van der Waals surface area contributed by atoms with E-state index in [9.17, 15) is 23.2 Å². The van der Waals surface area contributed by atoms with E-state index in [0.717, 1.165) is 6.07 Å². The number of benzene rings is 1. The van der Waals surface area contributed by atoms with Crippen molar-refractivity contribution in [2.24, 2.45) is 0 Å². The van der Waals surface area contributed by atoms with Gasteiger partial charge in [-0.05, 0) is 30.5 Å². The molecular weight excluding hydrogens is 378 g/mol. The third-order valence-corrected chi connectivity index (χ3v) is 6.13. The zero-order chi connectivity index (χ0) is 20.4. The number of carbonyl (C=O) groups is 3. The molecule has 0 saturated carbocycles. The minimum absolute atomic E-state index is 0.0111. The molecule has 0 heterocycles. The summed E-state index contributed by atoms with van der Waals surface area (Å²) in [7, 11) is -3.96. The minimum atomic E-state index is -3.96. The molecule has 150 valence electrons. The second kappa shape index (κ2) is 10.8. The van der Waals surface area contributed by atoms with Crippen molar-refractivity contribution >= 4 is 26.7 Å². The van der Waals surface area contributed by atoms with E-state index in [1.165, 1.54) is 12.1 Å². The Morgan fingerprint density at radius 2 is 1.22 bits per heavy atom. The summed E-state index contributed by atoms with van der Waals surface area (Å²) in [6, 6.07) is 3.09. The van der Waals surface area contributed by atoms with Crippen LogP contribution in [0.15, 0.2) is 18.2 Å². The predicted molar refractivity (Wildman–Crippen MR) is 94.4 cm³/mol. The average molecular weight is 402 g/mol. The number of hydrogen-bond donors (Lipinski definition) is 0. The van der Waals surface area contributed by atoms with Crippen molar-refractivity contribution in [3.8, 4) is 0 Å². The second-order valence-corrected chi connectivity index (χ2v) is 8.28. The topological polar surface area (TPSA) is 78.9 Å². The lowest BCUT2D eigenvalue weighted by molar-refractivity contribution is -0.150. The molecule has 0 atom stereocenters. The number of carbonyl (C=O) groups excluding carboxylic acids is 3. The van der Waals surface area contributed by atoms with Crippen molar-refractivity contribution in [2.75, 3.05) is 0 Å². The molecule has 0 unspecified atom stereocenters. The van der Waals surface area contributed by atoms with Gasteiger partial charge in [0.25, 0.3) is 17.9 Å². The largest absolute Gasteiger partial charge is 0.705 e. The Morgan fingerprint density at radius 1 is 0.815 bits per heavy atom. The molecule has 1 rings (SSSR count). The molecular formula is C18H24F2O6Si. The van der Waals surface area contributed by atoms with E-state index in [2.05, 4.69) is 0 Å². The quantitative estimate of drug-likeness (QED) is 0.555. The molecule has 0 aliphatic heterocycles. The van der Waals surface area contributed by atoms with Crippen molar-refractivity contribution in [3.63, 3.8) is 0 Å². The van der Waals surface area contributed by atoms with Crippen LogP contribution in [0.2, 0.25) is 6.04 Å². The summed E-state index contributed by atoms with van der Waals surface area (Å²) in [5.41, 5.74) is 0.390. The lowest BCUT2D eigenvalue weighted by Crippen LogP contribution is -2.50. The van der Waals surface area contributed by atoms with Crippen LogP contribution in [-0.2, 0) is 34.1 Å². The van der Waals surface area contributed by atoms with E-state index in [0.29, 0.717) is 5.56 Å². The first-order chi connectivity index (χ1) is 12.7. The molecule has 0 radical (unpaired) electrons. The summed E-state index contributed by atoms with van der Waals surface area (Å²) < 4.78 is 42.5. The zero-order valence-corrected chi connectivity index (χ0v) is 16.7. The zero-order valence-electron chi connectivity index (χ0n) is 15.7. The first kappa shape index (κ1) is 22.7. The molecule has 9 heteroatoms. The molecule has 0 aliphatic carbocycles. The van der Waals surface area contributed by atoms with E-state index in [1.807, 2.05) is 0 Å². The van der Waals surface area contributed by atoms with Crippen LogP contribution in [0.3, 0.4) is 0 Å². The molecule has 0 N–H and O–H groups in total. The number of rotatable bonds is 10. The molecule has 0 saturated heterocycles. The van der Waals surface area contributed by atoms with Crippen molar-refractivity contribution in [3.05, 3.63) is 35.4 Å². The van der Waals surface area contributed by atoms with Gasteiger partial charge in [0.15, 0.2) is 0 Å². The molecule has 27 heavy (non-hydrogen) atoms. The highest BCUT2D eigenvalue weighted by Gasteiger charge is 2.52. The summed E-state index contributed by atoms with van der Waals surface area (Å²) in [6.45, 7) is 4.67. The van der Waals surface area contributed by atoms with Gasteiger partial charge < -0.3 is 13.3 Å². The van der Waals surface area contributed by atoms with Gasteiger partial charge in [-0.2, -0.15) is 0 Å². The van der Waals surface area contributed by atoms with Gasteiger partial charge in [-0.25, -0.2) is 8.78 Å². The van der Waals surface area contributed by atoms with E-state index in [4.69, 9.17) is 13.3 Å². The first-order valence-electron chi connectivity index (χ1n) is 8.84. The highest BCUT2D eigenvalue weighted by Crippen LogP contribution is 2.23. The van der Waals surface area contributed by atoms with Gasteiger partial charge >= 0.3 is 8.80 Å². The molecule has 0 bridgehead atoms. The van der Waals surface area contributed by atoms with Crippen molar-refractivity contribution < 1.29 is 36.4 Å². The van der Waals surface area contributed by atoms with Crippen LogP contribution in [0.1, 0.15) is 52.0 Å². The normalized spacial score (nSPS) is 11.0. The summed E-state index contributed by atoms with van der Waals surface area (Å²) in [6.07, 6.45) is 0.492. The third-order valence-electron chi connectivity index (χ3n) is 3.54. The minimum Gasteiger partial charge on any atom is -0.455 e. The Labute approximate surface area is 158 Å². The maximum atomic E-state index is 13.3. The van der Waals surface area contributed by atoms with E-state index in [1.54, 1.807) is 20.8 Å². The summed E-state index contributed by atoms with van der Waals surface area (Å²) in [5, 5.41) is 0. The lowest BCUT2D eigenvalue weighted by atomic mass is 10.1. The standard InChI is InChI=1S/C18H24F2O6Si/c1-4-16(21)24-27(25-17(22)5-2,26-18(23)6-3)9-7-8-13-10-14(19)12-15(20)11-13/h10-12H,4-9H2,1-3H3. The van der Waals surface area contributed by atoms with Gasteiger partial charge in [0, 0.05) is 25.3 Å². The van der Waals surface area contributed by atoms with Crippen molar-refractivity contribution in [1.82, 2.24) is 0 Å². The number of hydrogen-bond acceptors (Lipinski definition) is 6. The Hall–Kier alpha value is -2.29. The summed E-state index contributed by atoms with van der Waals surface area (Å²) >= 11 is 0. The molecule has 1 aromatic carbocycles. The molecule has 0 fully saturated rings. The van der Waals surface area contributed by atoms with Gasteiger partial charge in [0.1, 0.15) is 11.6 Å². The molecule has 0 aromatic heterocycles. The van der Waals surface area contributed by atoms with Gasteiger partial charge in [-0.1, -0.05) is 20.8 Å². The monoisotopic (exact) mass is 402 g/mol. The van der Waals surface area contributed by atoms with Crippen LogP contribution in [0.25, 0.3) is 0 Å². The Kier molecular flexibility index (Phi) is 9.06. The maximum Gasteiger partial charge on any atom is 0.705 e.